The van der Waals surface area contributed by atoms with E-state index in [0.29, 0.717) is 0 Å². The molecular formula is C9H14N2O4. The predicted octanol–water partition coefficient (Wildman–Crippen LogP) is -0.0565. The van der Waals surface area contributed by atoms with Gasteiger partial charge < -0.3 is 9.84 Å². The molecule has 1 N–H and O–H groups in total. The standard InChI is InChI=1S/C9H14N2O4/c1-10-4-2-3-7(10)11-5-6(8(12)13)15-9(11)14/h6-7H,2-5H2,1H3,(H,12,13)/t6-,7?/m1/s1. The summed E-state index contributed by atoms with van der Waals surface area (Å²) in [5.74, 6) is -1.08. The zero-order chi connectivity index (χ0) is 11.0. The van der Waals surface area contributed by atoms with Crippen LogP contribution in [-0.4, -0.2) is 59.4 Å². The van der Waals surface area contributed by atoms with E-state index in [1.165, 1.54) is 4.90 Å². The molecule has 6 nitrogen and oxygen atoms in total. The molecule has 0 saturated carbocycles. The fourth-order valence-corrected chi connectivity index (χ4v) is 2.14. The van der Waals surface area contributed by atoms with E-state index < -0.39 is 18.2 Å². The van der Waals surface area contributed by atoms with Crippen LogP contribution in [0.4, 0.5) is 4.79 Å². The van der Waals surface area contributed by atoms with Gasteiger partial charge in [0.05, 0.1) is 12.7 Å². The number of amides is 1. The molecule has 0 aromatic carbocycles. The molecule has 0 spiro atoms. The van der Waals surface area contributed by atoms with Gasteiger partial charge >= 0.3 is 12.1 Å². The number of carbonyl (C=O) groups is 2. The third kappa shape index (κ3) is 1.77. The van der Waals surface area contributed by atoms with Crippen molar-refractivity contribution in [1.29, 1.82) is 0 Å². The highest BCUT2D eigenvalue weighted by atomic mass is 16.6. The summed E-state index contributed by atoms with van der Waals surface area (Å²) in [6, 6.07) is 0. The zero-order valence-electron chi connectivity index (χ0n) is 8.55. The maximum absolute atomic E-state index is 11.4. The van der Waals surface area contributed by atoms with Crippen molar-refractivity contribution in [1.82, 2.24) is 9.80 Å². The minimum atomic E-state index is -1.08. The lowest BCUT2D eigenvalue weighted by atomic mass is 10.3. The number of hydrogen-bond acceptors (Lipinski definition) is 4. The maximum Gasteiger partial charge on any atom is 0.412 e. The van der Waals surface area contributed by atoms with Crippen molar-refractivity contribution in [3.63, 3.8) is 0 Å². The third-order valence-corrected chi connectivity index (χ3v) is 2.96. The highest BCUT2D eigenvalue weighted by Crippen LogP contribution is 2.23. The second kappa shape index (κ2) is 3.69. The van der Waals surface area contributed by atoms with E-state index in [1.54, 1.807) is 0 Å². The van der Waals surface area contributed by atoms with Crippen molar-refractivity contribution < 1.29 is 19.4 Å². The Balaban J connectivity index is 2.04. The molecule has 0 aromatic rings. The van der Waals surface area contributed by atoms with Crippen LogP contribution in [-0.2, 0) is 9.53 Å². The summed E-state index contributed by atoms with van der Waals surface area (Å²) in [5, 5.41) is 8.74. The van der Waals surface area contributed by atoms with Gasteiger partial charge in [0.15, 0.2) is 0 Å². The van der Waals surface area contributed by atoms with E-state index in [4.69, 9.17) is 9.84 Å². The molecule has 2 aliphatic rings. The first kappa shape index (κ1) is 10.2. The number of hydrogen-bond donors (Lipinski definition) is 1. The van der Waals surface area contributed by atoms with Crippen LogP contribution in [0.15, 0.2) is 0 Å². The summed E-state index contributed by atoms with van der Waals surface area (Å²) in [7, 11) is 1.93. The minimum absolute atomic E-state index is 0.00171. The molecule has 1 amide bonds. The van der Waals surface area contributed by atoms with Gasteiger partial charge in [-0.15, -0.1) is 0 Å². The van der Waals surface area contributed by atoms with Crippen LogP contribution < -0.4 is 0 Å². The lowest BCUT2D eigenvalue weighted by molar-refractivity contribution is -0.144. The van der Waals surface area contributed by atoms with Gasteiger partial charge in [-0.05, 0) is 26.4 Å². The molecule has 2 fully saturated rings. The predicted molar refractivity (Wildman–Crippen MR) is 50.3 cm³/mol. The van der Waals surface area contributed by atoms with E-state index in [-0.39, 0.29) is 12.7 Å². The third-order valence-electron chi connectivity index (χ3n) is 2.96. The monoisotopic (exact) mass is 214 g/mol. The number of ether oxygens (including phenoxy) is 1. The van der Waals surface area contributed by atoms with Crippen molar-refractivity contribution in [3.8, 4) is 0 Å². The summed E-state index contributed by atoms with van der Waals surface area (Å²) >= 11 is 0. The molecule has 0 aliphatic carbocycles. The van der Waals surface area contributed by atoms with E-state index in [0.717, 1.165) is 19.4 Å². The fraction of sp³-hybridized carbons (Fsp3) is 0.778. The topological polar surface area (TPSA) is 70.1 Å². The van der Waals surface area contributed by atoms with Gasteiger partial charge in [-0.25, -0.2) is 9.59 Å². The highest BCUT2D eigenvalue weighted by molar-refractivity contribution is 5.81. The average Bonchev–Trinajstić information content (AvgIpc) is 2.71. The maximum atomic E-state index is 11.4. The quantitative estimate of drug-likeness (QED) is 0.697. The van der Waals surface area contributed by atoms with Gasteiger partial charge in [-0.3, -0.25) is 9.80 Å². The van der Waals surface area contributed by atoms with Gasteiger partial charge in [-0.2, -0.15) is 0 Å². The molecule has 84 valence electrons. The van der Waals surface area contributed by atoms with E-state index in [2.05, 4.69) is 0 Å². The molecule has 0 aromatic heterocycles. The lowest BCUT2D eigenvalue weighted by Gasteiger charge is -2.27. The van der Waals surface area contributed by atoms with Crippen molar-refractivity contribution in [2.75, 3.05) is 20.1 Å². The Labute approximate surface area is 87.4 Å². The minimum Gasteiger partial charge on any atom is -0.478 e. The van der Waals surface area contributed by atoms with Gasteiger partial charge in [0.25, 0.3) is 0 Å². The van der Waals surface area contributed by atoms with Gasteiger partial charge in [-0.1, -0.05) is 0 Å². The van der Waals surface area contributed by atoms with Crippen LogP contribution in [0.3, 0.4) is 0 Å². The second-order valence-corrected chi connectivity index (χ2v) is 3.97. The van der Waals surface area contributed by atoms with E-state index in [9.17, 15) is 9.59 Å². The van der Waals surface area contributed by atoms with Crippen LogP contribution in [0.1, 0.15) is 12.8 Å². The molecule has 15 heavy (non-hydrogen) atoms. The van der Waals surface area contributed by atoms with Crippen molar-refractivity contribution in [2.24, 2.45) is 0 Å². The second-order valence-electron chi connectivity index (χ2n) is 3.97. The van der Waals surface area contributed by atoms with Crippen molar-refractivity contribution in [2.45, 2.75) is 25.1 Å². The average molecular weight is 214 g/mol. The number of carbonyl (C=O) groups excluding carboxylic acids is 1. The first-order chi connectivity index (χ1) is 7.09. The molecule has 2 rings (SSSR count). The van der Waals surface area contributed by atoms with Crippen LogP contribution in [0.5, 0.6) is 0 Å². The highest BCUT2D eigenvalue weighted by Gasteiger charge is 2.42. The first-order valence-electron chi connectivity index (χ1n) is 5.00. The van der Waals surface area contributed by atoms with Crippen LogP contribution in [0, 0.1) is 0 Å². The van der Waals surface area contributed by atoms with E-state index >= 15 is 0 Å². The van der Waals surface area contributed by atoms with Crippen LogP contribution >= 0.6 is 0 Å². The Morgan fingerprint density at radius 3 is 2.80 bits per heavy atom. The van der Waals surface area contributed by atoms with E-state index in [1.807, 2.05) is 11.9 Å². The molecule has 2 saturated heterocycles. The number of carboxylic acids is 1. The summed E-state index contributed by atoms with van der Waals surface area (Å²) < 4.78 is 4.76. The first-order valence-corrected chi connectivity index (χ1v) is 5.00. The van der Waals surface area contributed by atoms with Gasteiger partial charge in [0.1, 0.15) is 0 Å². The summed E-state index contributed by atoms with van der Waals surface area (Å²) in [5.41, 5.74) is 0. The number of cyclic esters (lactones) is 1. The normalized spacial score (nSPS) is 32.1. The molecule has 1 unspecified atom stereocenters. The smallest absolute Gasteiger partial charge is 0.412 e. The number of nitrogens with zero attached hydrogens (tertiary/aromatic N) is 2. The molecule has 0 bridgehead atoms. The molecule has 2 aliphatic heterocycles. The number of aliphatic carboxylic acids is 1. The molecular weight excluding hydrogens is 200 g/mol. The Kier molecular flexibility index (Phi) is 2.52. The molecule has 2 heterocycles. The number of likely N-dealkylation sites (tertiary alicyclic amines) is 1. The Hall–Kier alpha value is -1.30. The Bertz CT molecular complexity index is 294. The lowest BCUT2D eigenvalue weighted by Crippen LogP contribution is -2.44. The van der Waals surface area contributed by atoms with Crippen LogP contribution in [0.25, 0.3) is 0 Å². The van der Waals surface area contributed by atoms with Crippen molar-refractivity contribution >= 4 is 12.1 Å². The molecule has 2 atom stereocenters. The fourth-order valence-electron chi connectivity index (χ4n) is 2.14. The Morgan fingerprint density at radius 2 is 2.33 bits per heavy atom. The number of carboxylic acid groups (broad SMARTS) is 1. The SMILES string of the molecule is CN1CCCC1N1C[C@H](C(=O)O)OC1=O. The largest absolute Gasteiger partial charge is 0.478 e. The summed E-state index contributed by atoms with van der Waals surface area (Å²) in [4.78, 5) is 25.7. The molecule has 0 radical (unpaired) electrons. The molecule has 6 heteroatoms. The van der Waals surface area contributed by atoms with Crippen molar-refractivity contribution in [3.05, 3.63) is 0 Å². The summed E-state index contributed by atoms with van der Waals surface area (Å²) in [6.07, 6.45) is 0.398. The van der Waals surface area contributed by atoms with Crippen LogP contribution in [0.2, 0.25) is 0 Å². The zero-order valence-corrected chi connectivity index (χ0v) is 8.55. The van der Waals surface area contributed by atoms with Gasteiger partial charge in [0, 0.05) is 0 Å². The Morgan fingerprint density at radius 1 is 1.60 bits per heavy atom. The summed E-state index contributed by atoms with van der Waals surface area (Å²) in [6.45, 7) is 1.09. The number of rotatable bonds is 2. The van der Waals surface area contributed by atoms with Gasteiger partial charge in [0.2, 0.25) is 6.10 Å².